The third kappa shape index (κ3) is 3.11. The maximum Gasteiger partial charge on any atom is 0.315 e. The molecular formula is C15H20N4O. The van der Waals surface area contributed by atoms with Crippen LogP contribution in [0.3, 0.4) is 0 Å². The van der Waals surface area contributed by atoms with E-state index in [2.05, 4.69) is 33.1 Å². The van der Waals surface area contributed by atoms with Crippen molar-refractivity contribution < 1.29 is 4.79 Å². The molecule has 1 saturated heterocycles. The smallest absolute Gasteiger partial charge is 0.315 e. The summed E-state index contributed by atoms with van der Waals surface area (Å²) in [7, 11) is 0. The Labute approximate surface area is 118 Å². The minimum Gasteiger partial charge on any atom is -0.357 e. The van der Waals surface area contributed by atoms with Crippen molar-refractivity contribution in [1.29, 1.82) is 0 Å². The number of para-hydroxylation sites is 1. The molecule has 2 amide bonds. The minimum atomic E-state index is -0.0997. The Kier molecular flexibility index (Phi) is 3.87. The van der Waals surface area contributed by atoms with E-state index in [9.17, 15) is 4.79 Å². The highest BCUT2D eigenvalue weighted by atomic mass is 16.2. The number of rotatable bonds is 3. The van der Waals surface area contributed by atoms with Crippen LogP contribution in [0.1, 0.15) is 18.5 Å². The summed E-state index contributed by atoms with van der Waals surface area (Å²) in [6.45, 7) is 2.43. The van der Waals surface area contributed by atoms with Crippen LogP contribution in [0.5, 0.6) is 0 Å². The number of benzene rings is 1. The summed E-state index contributed by atoms with van der Waals surface area (Å²) >= 11 is 0. The number of fused-ring (bicyclic) bond motifs is 1. The molecule has 4 N–H and O–H groups in total. The third-order valence-electron chi connectivity index (χ3n) is 3.66. The summed E-state index contributed by atoms with van der Waals surface area (Å²) in [5.74, 6) is 0. The van der Waals surface area contributed by atoms with Gasteiger partial charge in [-0.05, 0) is 36.9 Å². The van der Waals surface area contributed by atoms with Gasteiger partial charge in [-0.2, -0.15) is 0 Å². The lowest BCUT2D eigenvalue weighted by atomic mass is 10.1. The molecule has 5 heteroatoms. The van der Waals surface area contributed by atoms with Gasteiger partial charge in [-0.3, -0.25) is 0 Å². The number of nitrogens with one attached hydrogen (secondary N) is 4. The SMILES string of the molecule is O=C(NCc1cc2ccccc2[nH]1)N[C@@H]1CCCNC1. The van der Waals surface area contributed by atoms with Crippen LogP contribution in [0.2, 0.25) is 0 Å². The summed E-state index contributed by atoms with van der Waals surface area (Å²) < 4.78 is 0. The molecule has 1 aliphatic heterocycles. The first kappa shape index (κ1) is 13.0. The molecule has 2 heterocycles. The highest BCUT2D eigenvalue weighted by Gasteiger charge is 2.14. The number of hydrogen-bond acceptors (Lipinski definition) is 2. The van der Waals surface area contributed by atoms with E-state index in [1.807, 2.05) is 18.2 Å². The molecule has 0 spiro atoms. The van der Waals surface area contributed by atoms with Crippen LogP contribution in [-0.4, -0.2) is 30.1 Å². The van der Waals surface area contributed by atoms with Crippen molar-refractivity contribution in [2.75, 3.05) is 13.1 Å². The molecule has 2 aromatic rings. The van der Waals surface area contributed by atoms with E-state index < -0.39 is 0 Å². The zero-order valence-corrected chi connectivity index (χ0v) is 11.4. The molecule has 1 atom stereocenters. The second-order valence-corrected chi connectivity index (χ2v) is 5.25. The van der Waals surface area contributed by atoms with Crippen molar-refractivity contribution in [3.05, 3.63) is 36.0 Å². The average molecular weight is 272 g/mol. The van der Waals surface area contributed by atoms with E-state index in [1.54, 1.807) is 0 Å². The van der Waals surface area contributed by atoms with Gasteiger partial charge in [0.05, 0.1) is 6.54 Å². The summed E-state index contributed by atoms with van der Waals surface area (Å²) in [5.41, 5.74) is 2.12. The van der Waals surface area contributed by atoms with Gasteiger partial charge in [0.2, 0.25) is 0 Å². The quantitative estimate of drug-likeness (QED) is 0.687. The molecule has 0 saturated carbocycles. The second kappa shape index (κ2) is 5.96. The van der Waals surface area contributed by atoms with Gasteiger partial charge >= 0.3 is 6.03 Å². The number of amides is 2. The van der Waals surface area contributed by atoms with Crippen molar-refractivity contribution in [1.82, 2.24) is 20.9 Å². The number of carbonyl (C=O) groups excluding carboxylic acids is 1. The Morgan fingerprint density at radius 1 is 1.35 bits per heavy atom. The van der Waals surface area contributed by atoms with Crippen molar-refractivity contribution in [2.45, 2.75) is 25.4 Å². The number of hydrogen-bond donors (Lipinski definition) is 4. The van der Waals surface area contributed by atoms with Crippen LogP contribution in [0.4, 0.5) is 4.79 Å². The van der Waals surface area contributed by atoms with Crippen LogP contribution in [0.25, 0.3) is 10.9 Å². The minimum absolute atomic E-state index is 0.0997. The van der Waals surface area contributed by atoms with Gasteiger partial charge in [-0.25, -0.2) is 4.79 Å². The lowest BCUT2D eigenvalue weighted by Crippen LogP contribution is -2.48. The van der Waals surface area contributed by atoms with E-state index in [-0.39, 0.29) is 12.1 Å². The Balaban J connectivity index is 1.51. The van der Waals surface area contributed by atoms with Crippen LogP contribution >= 0.6 is 0 Å². The van der Waals surface area contributed by atoms with Gasteiger partial charge in [0.25, 0.3) is 0 Å². The highest BCUT2D eigenvalue weighted by molar-refractivity contribution is 5.80. The fourth-order valence-corrected chi connectivity index (χ4v) is 2.62. The number of piperidine rings is 1. The Morgan fingerprint density at radius 3 is 3.05 bits per heavy atom. The molecule has 0 radical (unpaired) electrons. The number of carbonyl (C=O) groups is 1. The Bertz CT molecular complexity index is 553. The Morgan fingerprint density at radius 2 is 2.25 bits per heavy atom. The van der Waals surface area contributed by atoms with Gasteiger partial charge in [-0.15, -0.1) is 0 Å². The fraction of sp³-hybridized carbons (Fsp3) is 0.400. The first-order valence-electron chi connectivity index (χ1n) is 7.13. The Hall–Kier alpha value is -2.01. The average Bonchev–Trinajstić information content (AvgIpc) is 2.89. The van der Waals surface area contributed by atoms with E-state index in [4.69, 9.17) is 0 Å². The molecule has 5 nitrogen and oxygen atoms in total. The predicted octanol–water partition coefficient (Wildman–Crippen LogP) is 1.72. The fourth-order valence-electron chi connectivity index (χ4n) is 2.62. The zero-order chi connectivity index (χ0) is 13.8. The molecule has 1 aromatic carbocycles. The van der Waals surface area contributed by atoms with Crippen molar-refractivity contribution in [2.24, 2.45) is 0 Å². The van der Waals surface area contributed by atoms with Crippen LogP contribution in [-0.2, 0) is 6.54 Å². The summed E-state index contributed by atoms with van der Waals surface area (Å²) in [6.07, 6.45) is 2.17. The van der Waals surface area contributed by atoms with E-state index in [0.717, 1.165) is 37.1 Å². The third-order valence-corrected chi connectivity index (χ3v) is 3.66. The standard InChI is InChI=1S/C15H20N4O/c20-15(19-12-5-3-7-16-9-12)17-10-13-8-11-4-1-2-6-14(11)18-13/h1-2,4,6,8,12,16,18H,3,5,7,9-10H2,(H2,17,19,20)/t12-/m1/s1. The molecule has 0 bridgehead atoms. The summed E-state index contributed by atoms with van der Waals surface area (Å²) in [6, 6.07) is 10.3. The number of urea groups is 1. The molecule has 3 rings (SSSR count). The van der Waals surface area contributed by atoms with Gasteiger partial charge in [0, 0.05) is 23.8 Å². The number of aromatic nitrogens is 1. The van der Waals surface area contributed by atoms with Gasteiger partial charge in [0.15, 0.2) is 0 Å². The summed E-state index contributed by atoms with van der Waals surface area (Å²) in [4.78, 5) is 15.1. The molecule has 1 aromatic heterocycles. The van der Waals surface area contributed by atoms with Crippen molar-refractivity contribution >= 4 is 16.9 Å². The summed E-state index contributed by atoms with van der Waals surface area (Å²) in [5, 5.41) is 10.3. The lowest BCUT2D eigenvalue weighted by molar-refractivity contribution is 0.233. The number of H-pyrrole nitrogens is 1. The molecule has 106 valence electrons. The van der Waals surface area contributed by atoms with Gasteiger partial charge in [0.1, 0.15) is 0 Å². The van der Waals surface area contributed by atoms with Crippen LogP contribution in [0, 0.1) is 0 Å². The highest BCUT2D eigenvalue weighted by Crippen LogP contribution is 2.14. The molecule has 0 aliphatic carbocycles. The van der Waals surface area contributed by atoms with E-state index in [0.29, 0.717) is 6.54 Å². The normalized spacial score (nSPS) is 18.9. The van der Waals surface area contributed by atoms with Gasteiger partial charge in [-0.1, -0.05) is 18.2 Å². The largest absolute Gasteiger partial charge is 0.357 e. The molecule has 1 aliphatic rings. The first-order chi connectivity index (χ1) is 9.81. The topological polar surface area (TPSA) is 69.0 Å². The van der Waals surface area contributed by atoms with Crippen LogP contribution < -0.4 is 16.0 Å². The zero-order valence-electron chi connectivity index (χ0n) is 11.4. The van der Waals surface area contributed by atoms with Crippen molar-refractivity contribution in [3.63, 3.8) is 0 Å². The van der Waals surface area contributed by atoms with Crippen molar-refractivity contribution in [3.8, 4) is 0 Å². The van der Waals surface area contributed by atoms with E-state index in [1.165, 1.54) is 5.39 Å². The van der Waals surface area contributed by atoms with Crippen LogP contribution in [0.15, 0.2) is 30.3 Å². The molecule has 20 heavy (non-hydrogen) atoms. The maximum absolute atomic E-state index is 11.8. The molecule has 1 fully saturated rings. The van der Waals surface area contributed by atoms with E-state index >= 15 is 0 Å². The molecule has 0 unspecified atom stereocenters. The maximum atomic E-state index is 11.8. The monoisotopic (exact) mass is 272 g/mol. The molecular weight excluding hydrogens is 252 g/mol. The number of aromatic amines is 1. The van der Waals surface area contributed by atoms with Gasteiger partial charge < -0.3 is 20.9 Å². The second-order valence-electron chi connectivity index (χ2n) is 5.25. The first-order valence-corrected chi connectivity index (χ1v) is 7.13. The lowest BCUT2D eigenvalue weighted by Gasteiger charge is -2.23. The predicted molar refractivity (Wildman–Crippen MR) is 79.6 cm³/mol.